The second-order valence-corrected chi connectivity index (χ2v) is 4.55. The van der Waals surface area contributed by atoms with Crippen LogP contribution in [0.5, 0.6) is 0 Å². The smallest absolute Gasteiger partial charge is 0.266 e. The molecule has 0 amide bonds. The van der Waals surface area contributed by atoms with Gasteiger partial charge < -0.3 is 14.2 Å². The van der Waals surface area contributed by atoms with E-state index in [1.54, 1.807) is 0 Å². The molecule has 0 atom stereocenters. The first-order chi connectivity index (χ1) is 9.36. The van der Waals surface area contributed by atoms with Crippen molar-refractivity contribution in [2.24, 2.45) is 0 Å². The molecule has 1 aliphatic rings. The van der Waals surface area contributed by atoms with E-state index >= 15 is 0 Å². The van der Waals surface area contributed by atoms with Crippen LogP contribution in [0.15, 0.2) is 28.8 Å². The highest BCUT2D eigenvalue weighted by Crippen LogP contribution is 2.21. The minimum Gasteiger partial charge on any atom is -0.378 e. The monoisotopic (exact) mass is 259 g/mol. The zero-order valence-corrected chi connectivity index (χ0v) is 11.0. The molecule has 0 N–H and O–H groups in total. The molecule has 0 aliphatic carbocycles. The fourth-order valence-corrected chi connectivity index (χ4v) is 2.11. The van der Waals surface area contributed by atoms with Crippen LogP contribution in [0.3, 0.4) is 0 Å². The van der Waals surface area contributed by atoms with Gasteiger partial charge in [-0.2, -0.15) is 4.98 Å². The summed E-state index contributed by atoms with van der Waals surface area (Å²) in [7, 11) is 0. The Balaban J connectivity index is 1.79. The summed E-state index contributed by atoms with van der Waals surface area (Å²) in [6, 6.07) is 8.23. The number of anilines is 1. The Morgan fingerprint density at radius 1 is 1.16 bits per heavy atom. The summed E-state index contributed by atoms with van der Waals surface area (Å²) < 4.78 is 10.6. The van der Waals surface area contributed by atoms with Crippen molar-refractivity contribution >= 4 is 5.95 Å². The summed E-state index contributed by atoms with van der Waals surface area (Å²) in [5.41, 5.74) is 2.26. The fourth-order valence-electron chi connectivity index (χ4n) is 2.11. The van der Waals surface area contributed by atoms with Gasteiger partial charge >= 0.3 is 0 Å². The molecular formula is C14H17N3O2. The Morgan fingerprint density at radius 3 is 2.58 bits per heavy atom. The maximum absolute atomic E-state index is 5.33. The summed E-state index contributed by atoms with van der Waals surface area (Å²) in [6.45, 7) is 5.20. The van der Waals surface area contributed by atoms with E-state index in [2.05, 4.69) is 34.1 Å². The molecule has 0 radical (unpaired) electrons. The Labute approximate surface area is 112 Å². The number of ether oxygens (including phenoxy) is 1. The Morgan fingerprint density at radius 2 is 1.89 bits per heavy atom. The van der Waals surface area contributed by atoms with Crippen LogP contribution in [0.4, 0.5) is 5.95 Å². The van der Waals surface area contributed by atoms with Crippen molar-refractivity contribution in [1.82, 2.24) is 10.1 Å². The molecule has 0 spiro atoms. The Kier molecular flexibility index (Phi) is 3.46. The highest BCUT2D eigenvalue weighted by atomic mass is 16.5. The van der Waals surface area contributed by atoms with Gasteiger partial charge in [-0.3, -0.25) is 0 Å². The molecule has 2 aromatic rings. The molecule has 0 unspecified atom stereocenters. The van der Waals surface area contributed by atoms with E-state index < -0.39 is 0 Å². The van der Waals surface area contributed by atoms with Crippen molar-refractivity contribution < 1.29 is 9.26 Å². The number of hydrogen-bond acceptors (Lipinski definition) is 5. The number of aryl methyl sites for hydroxylation is 1. The topological polar surface area (TPSA) is 51.4 Å². The number of rotatable bonds is 3. The lowest BCUT2D eigenvalue weighted by Gasteiger charge is -2.24. The number of nitrogens with zero attached hydrogens (tertiary/aromatic N) is 3. The van der Waals surface area contributed by atoms with Gasteiger partial charge in [0.1, 0.15) is 0 Å². The maximum atomic E-state index is 5.33. The van der Waals surface area contributed by atoms with Crippen LogP contribution in [-0.4, -0.2) is 36.4 Å². The molecule has 5 nitrogen and oxygen atoms in total. The normalized spacial score (nSPS) is 15.7. The van der Waals surface area contributed by atoms with Gasteiger partial charge in [-0.1, -0.05) is 19.1 Å². The predicted molar refractivity (Wildman–Crippen MR) is 72.1 cm³/mol. The summed E-state index contributed by atoms with van der Waals surface area (Å²) >= 11 is 0. The van der Waals surface area contributed by atoms with Crippen LogP contribution in [0, 0.1) is 0 Å². The van der Waals surface area contributed by atoms with Gasteiger partial charge in [0, 0.05) is 18.7 Å². The lowest BCUT2D eigenvalue weighted by Crippen LogP contribution is -2.36. The van der Waals surface area contributed by atoms with Gasteiger partial charge in [0.05, 0.1) is 13.2 Å². The molecule has 0 bridgehead atoms. The molecule has 0 saturated carbocycles. The number of morpholine rings is 1. The van der Waals surface area contributed by atoms with Gasteiger partial charge in [-0.15, -0.1) is 0 Å². The van der Waals surface area contributed by atoms with Crippen LogP contribution in [0.25, 0.3) is 11.5 Å². The molecule has 100 valence electrons. The van der Waals surface area contributed by atoms with E-state index in [9.17, 15) is 0 Å². The molecular weight excluding hydrogens is 242 g/mol. The van der Waals surface area contributed by atoms with Gasteiger partial charge in [0.2, 0.25) is 0 Å². The van der Waals surface area contributed by atoms with Gasteiger partial charge in [-0.25, -0.2) is 0 Å². The number of hydrogen-bond donors (Lipinski definition) is 0. The molecule has 1 saturated heterocycles. The first-order valence-electron chi connectivity index (χ1n) is 6.62. The van der Waals surface area contributed by atoms with Crippen molar-refractivity contribution in [1.29, 1.82) is 0 Å². The van der Waals surface area contributed by atoms with Crippen LogP contribution >= 0.6 is 0 Å². The summed E-state index contributed by atoms with van der Waals surface area (Å²) in [5.74, 6) is 1.22. The van der Waals surface area contributed by atoms with Crippen molar-refractivity contribution in [2.75, 3.05) is 31.2 Å². The third kappa shape index (κ3) is 2.61. The van der Waals surface area contributed by atoms with Crippen molar-refractivity contribution in [3.05, 3.63) is 29.8 Å². The van der Waals surface area contributed by atoms with E-state index in [-0.39, 0.29) is 0 Å². The number of benzene rings is 1. The van der Waals surface area contributed by atoms with Gasteiger partial charge in [-0.05, 0) is 29.3 Å². The van der Waals surface area contributed by atoms with Crippen LogP contribution in [0.2, 0.25) is 0 Å². The second-order valence-electron chi connectivity index (χ2n) is 4.55. The van der Waals surface area contributed by atoms with Gasteiger partial charge in [0.25, 0.3) is 11.8 Å². The van der Waals surface area contributed by atoms with E-state index in [1.807, 2.05) is 12.1 Å². The maximum Gasteiger partial charge on any atom is 0.266 e. The van der Waals surface area contributed by atoms with Crippen LogP contribution in [-0.2, 0) is 11.2 Å². The Hall–Kier alpha value is -1.88. The minimum atomic E-state index is 0.573. The first-order valence-corrected chi connectivity index (χ1v) is 6.62. The third-order valence-electron chi connectivity index (χ3n) is 3.32. The lowest BCUT2D eigenvalue weighted by molar-refractivity contribution is 0.121. The van der Waals surface area contributed by atoms with Crippen molar-refractivity contribution in [2.45, 2.75) is 13.3 Å². The molecule has 2 heterocycles. The van der Waals surface area contributed by atoms with E-state index in [4.69, 9.17) is 9.26 Å². The van der Waals surface area contributed by atoms with E-state index in [0.29, 0.717) is 11.8 Å². The third-order valence-corrected chi connectivity index (χ3v) is 3.32. The largest absolute Gasteiger partial charge is 0.378 e. The molecule has 3 rings (SSSR count). The lowest BCUT2D eigenvalue weighted by atomic mass is 10.1. The summed E-state index contributed by atoms with van der Waals surface area (Å²) in [4.78, 5) is 6.53. The summed E-state index contributed by atoms with van der Waals surface area (Å²) in [5, 5.41) is 4.04. The first kappa shape index (κ1) is 12.2. The molecule has 1 aliphatic heterocycles. The van der Waals surface area contributed by atoms with Crippen LogP contribution in [0.1, 0.15) is 12.5 Å². The zero-order chi connectivity index (χ0) is 13.1. The van der Waals surface area contributed by atoms with Crippen molar-refractivity contribution in [3.63, 3.8) is 0 Å². The average molecular weight is 259 g/mol. The predicted octanol–water partition coefficient (Wildman–Crippen LogP) is 2.14. The molecule has 1 fully saturated rings. The highest BCUT2D eigenvalue weighted by molar-refractivity contribution is 5.55. The average Bonchev–Trinajstić information content (AvgIpc) is 2.98. The van der Waals surface area contributed by atoms with Gasteiger partial charge in [0.15, 0.2) is 0 Å². The van der Waals surface area contributed by atoms with E-state index in [0.717, 1.165) is 38.3 Å². The standard InChI is InChI=1S/C14H17N3O2/c1-2-11-3-5-12(6-4-11)13-15-14(16-19-13)17-7-9-18-10-8-17/h3-6H,2,7-10H2,1H3. The molecule has 19 heavy (non-hydrogen) atoms. The summed E-state index contributed by atoms with van der Waals surface area (Å²) in [6.07, 6.45) is 1.03. The number of aromatic nitrogens is 2. The highest BCUT2D eigenvalue weighted by Gasteiger charge is 2.17. The second kappa shape index (κ2) is 5.40. The van der Waals surface area contributed by atoms with E-state index in [1.165, 1.54) is 5.56 Å². The SMILES string of the molecule is CCc1ccc(-c2nc(N3CCOCC3)no2)cc1. The Bertz CT molecular complexity index is 530. The van der Waals surface area contributed by atoms with Crippen molar-refractivity contribution in [3.8, 4) is 11.5 Å². The molecule has 1 aromatic carbocycles. The quantitative estimate of drug-likeness (QED) is 0.845. The fraction of sp³-hybridized carbons (Fsp3) is 0.429. The zero-order valence-electron chi connectivity index (χ0n) is 11.0. The minimum absolute atomic E-state index is 0.573. The molecule has 5 heteroatoms. The molecule has 1 aromatic heterocycles. The van der Waals surface area contributed by atoms with Crippen LogP contribution < -0.4 is 4.90 Å².